The van der Waals surface area contributed by atoms with E-state index in [9.17, 15) is 5.11 Å². The van der Waals surface area contributed by atoms with Crippen LogP contribution in [0.2, 0.25) is 0 Å². The Morgan fingerprint density at radius 3 is 2.77 bits per heavy atom. The van der Waals surface area contributed by atoms with Crippen LogP contribution in [0.25, 0.3) is 0 Å². The Labute approximate surface area is 82.6 Å². The predicted octanol–water partition coefficient (Wildman–Crippen LogP) is 2.46. The SMILES string of the molecule is Cc1nc(CC2CC2)sc1C(C)O. The second-order valence-corrected chi connectivity index (χ2v) is 5.00. The molecule has 13 heavy (non-hydrogen) atoms. The number of rotatable bonds is 3. The number of hydrogen-bond acceptors (Lipinski definition) is 3. The van der Waals surface area contributed by atoms with E-state index < -0.39 is 0 Å². The molecule has 2 nitrogen and oxygen atoms in total. The van der Waals surface area contributed by atoms with E-state index in [1.54, 1.807) is 18.3 Å². The molecule has 0 aliphatic heterocycles. The van der Waals surface area contributed by atoms with E-state index >= 15 is 0 Å². The van der Waals surface area contributed by atoms with Gasteiger partial charge < -0.3 is 5.11 Å². The van der Waals surface area contributed by atoms with Gasteiger partial charge in [-0.15, -0.1) is 11.3 Å². The Hall–Kier alpha value is -0.410. The molecule has 72 valence electrons. The zero-order chi connectivity index (χ0) is 9.42. The van der Waals surface area contributed by atoms with Crippen LogP contribution in [0.15, 0.2) is 0 Å². The van der Waals surface area contributed by atoms with Crippen molar-refractivity contribution in [3.63, 3.8) is 0 Å². The summed E-state index contributed by atoms with van der Waals surface area (Å²) in [4.78, 5) is 5.51. The maximum Gasteiger partial charge on any atom is 0.0934 e. The molecule has 0 saturated heterocycles. The predicted molar refractivity (Wildman–Crippen MR) is 53.9 cm³/mol. The molecule has 1 fully saturated rings. The largest absolute Gasteiger partial charge is 0.388 e. The highest BCUT2D eigenvalue weighted by molar-refractivity contribution is 7.11. The highest BCUT2D eigenvalue weighted by Crippen LogP contribution is 2.35. The van der Waals surface area contributed by atoms with Crippen LogP contribution >= 0.6 is 11.3 Å². The van der Waals surface area contributed by atoms with Crippen LogP contribution in [0.1, 0.15) is 41.4 Å². The highest BCUT2D eigenvalue weighted by atomic mass is 32.1. The van der Waals surface area contributed by atoms with Crippen molar-refractivity contribution in [2.75, 3.05) is 0 Å². The summed E-state index contributed by atoms with van der Waals surface area (Å²) in [7, 11) is 0. The van der Waals surface area contributed by atoms with Gasteiger partial charge in [0.25, 0.3) is 0 Å². The molecular weight excluding hydrogens is 182 g/mol. The molecule has 0 bridgehead atoms. The fourth-order valence-electron chi connectivity index (χ4n) is 1.51. The van der Waals surface area contributed by atoms with Gasteiger partial charge >= 0.3 is 0 Å². The molecular formula is C10H15NOS. The molecule has 1 unspecified atom stereocenters. The summed E-state index contributed by atoms with van der Waals surface area (Å²) < 4.78 is 0. The maximum absolute atomic E-state index is 9.44. The van der Waals surface area contributed by atoms with Crippen molar-refractivity contribution in [2.45, 2.75) is 39.2 Å². The van der Waals surface area contributed by atoms with Crippen molar-refractivity contribution in [1.29, 1.82) is 0 Å². The van der Waals surface area contributed by atoms with E-state index in [4.69, 9.17) is 0 Å². The van der Waals surface area contributed by atoms with E-state index in [1.807, 2.05) is 6.92 Å². The van der Waals surface area contributed by atoms with Crippen molar-refractivity contribution in [2.24, 2.45) is 5.92 Å². The summed E-state index contributed by atoms with van der Waals surface area (Å²) >= 11 is 1.67. The van der Waals surface area contributed by atoms with Crippen molar-refractivity contribution in [1.82, 2.24) is 4.98 Å². The normalized spacial score (nSPS) is 19.0. The smallest absolute Gasteiger partial charge is 0.0934 e. The summed E-state index contributed by atoms with van der Waals surface area (Å²) in [5, 5.41) is 10.6. The van der Waals surface area contributed by atoms with Gasteiger partial charge in [-0.05, 0) is 32.6 Å². The van der Waals surface area contributed by atoms with Crippen LogP contribution in [0.4, 0.5) is 0 Å². The Balaban J connectivity index is 2.13. The lowest BCUT2D eigenvalue weighted by atomic mass is 10.3. The molecule has 2 rings (SSSR count). The number of thiazole rings is 1. The number of nitrogens with zero attached hydrogens (tertiary/aromatic N) is 1. The molecule has 1 heterocycles. The number of aromatic nitrogens is 1. The summed E-state index contributed by atoms with van der Waals surface area (Å²) in [6.07, 6.45) is 3.49. The molecule has 1 aliphatic carbocycles. The molecule has 1 atom stereocenters. The summed E-state index contributed by atoms with van der Waals surface area (Å²) in [6.45, 7) is 3.79. The van der Waals surface area contributed by atoms with Crippen LogP contribution in [0.3, 0.4) is 0 Å². The highest BCUT2D eigenvalue weighted by Gasteiger charge is 2.23. The maximum atomic E-state index is 9.44. The molecule has 1 N–H and O–H groups in total. The lowest BCUT2D eigenvalue weighted by molar-refractivity contribution is 0.202. The van der Waals surface area contributed by atoms with E-state index in [0.29, 0.717) is 0 Å². The summed E-state index contributed by atoms with van der Waals surface area (Å²) in [5.41, 5.74) is 1.01. The average molecular weight is 197 g/mol. The zero-order valence-corrected chi connectivity index (χ0v) is 8.90. The van der Waals surface area contributed by atoms with Gasteiger partial charge in [-0.1, -0.05) is 0 Å². The first-order valence-electron chi connectivity index (χ1n) is 4.81. The van der Waals surface area contributed by atoms with Crippen molar-refractivity contribution in [3.8, 4) is 0 Å². The van der Waals surface area contributed by atoms with Gasteiger partial charge in [0.05, 0.1) is 21.7 Å². The molecule has 0 amide bonds. The number of aliphatic hydroxyl groups is 1. The van der Waals surface area contributed by atoms with Gasteiger partial charge in [0.2, 0.25) is 0 Å². The van der Waals surface area contributed by atoms with Crippen molar-refractivity contribution in [3.05, 3.63) is 15.6 Å². The van der Waals surface area contributed by atoms with Gasteiger partial charge in [0, 0.05) is 6.42 Å². The van der Waals surface area contributed by atoms with Crippen LogP contribution in [-0.2, 0) is 6.42 Å². The topological polar surface area (TPSA) is 33.1 Å². The number of aryl methyl sites for hydroxylation is 1. The number of aliphatic hydroxyl groups excluding tert-OH is 1. The van der Waals surface area contributed by atoms with Crippen LogP contribution in [-0.4, -0.2) is 10.1 Å². The Bertz CT molecular complexity index is 302. The van der Waals surface area contributed by atoms with Gasteiger partial charge in [-0.3, -0.25) is 0 Å². The van der Waals surface area contributed by atoms with E-state index in [0.717, 1.165) is 22.9 Å². The molecule has 0 spiro atoms. The Kier molecular flexibility index (Phi) is 2.39. The van der Waals surface area contributed by atoms with E-state index in [2.05, 4.69) is 4.98 Å². The summed E-state index contributed by atoms with van der Waals surface area (Å²) in [6, 6.07) is 0. The van der Waals surface area contributed by atoms with Crippen LogP contribution < -0.4 is 0 Å². The third-order valence-electron chi connectivity index (χ3n) is 2.42. The average Bonchev–Trinajstić information content (AvgIpc) is 2.75. The van der Waals surface area contributed by atoms with E-state index in [-0.39, 0.29) is 6.10 Å². The van der Waals surface area contributed by atoms with Crippen molar-refractivity contribution < 1.29 is 5.11 Å². The second kappa shape index (κ2) is 3.39. The molecule has 1 aromatic rings. The first-order chi connectivity index (χ1) is 6.16. The van der Waals surface area contributed by atoms with Gasteiger partial charge in [-0.25, -0.2) is 4.98 Å². The number of hydrogen-bond donors (Lipinski definition) is 1. The Morgan fingerprint density at radius 1 is 1.62 bits per heavy atom. The minimum atomic E-state index is -0.356. The monoisotopic (exact) mass is 197 g/mol. The molecule has 0 aromatic carbocycles. The van der Waals surface area contributed by atoms with Crippen LogP contribution in [0, 0.1) is 12.8 Å². The molecule has 3 heteroatoms. The van der Waals surface area contributed by atoms with Crippen molar-refractivity contribution >= 4 is 11.3 Å². The van der Waals surface area contributed by atoms with E-state index in [1.165, 1.54) is 17.8 Å². The van der Waals surface area contributed by atoms with Gasteiger partial charge in [0.15, 0.2) is 0 Å². The molecule has 1 aromatic heterocycles. The first-order valence-corrected chi connectivity index (χ1v) is 5.62. The third kappa shape index (κ3) is 2.09. The van der Waals surface area contributed by atoms with Crippen LogP contribution in [0.5, 0.6) is 0 Å². The zero-order valence-electron chi connectivity index (χ0n) is 8.08. The fraction of sp³-hybridized carbons (Fsp3) is 0.700. The first kappa shape index (κ1) is 9.16. The minimum absolute atomic E-state index is 0.356. The lowest BCUT2D eigenvalue weighted by Gasteiger charge is -1.98. The van der Waals surface area contributed by atoms with Gasteiger partial charge in [0.1, 0.15) is 0 Å². The molecule has 1 aliphatic rings. The lowest BCUT2D eigenvalue weighted by Crippen LogP contribution is -1.88. The molecule has 0 radical (unpaired) electrons. The second-order valence-electron chi connectivity index (χ2n) is 3.88. The standard InChI is InChI=1S/C10H15NOS/c1-6-10(7(2)12)13-9(11-6)5-8-3-4-8/h7-8,12H,3-5H2,1-2H3. The minimum Gasteiger partial charge on any atom is -0.388 e. The summed E-state index contributed by atoms with van der Waals surface area (Å²) in [5.74, 6) is 0.882. The Morgan fingerprint density at radius 2 is 2.31 bits per heavy atom. The third-order valence-corrected chi connectivity index (χ3v) is 3.77. The fourth-order valence-corrected chi connectivity index (χ4v) is 2.63. The van der Waals surface area contributed by atoms with Gasteiger partial charge in [-0.2, -0.15) is 0 Å². The molecule has 1 saturated carbocycles. The quantitative estimate of drug-likeness (QED) is 0.807.